The number of carbonyl (C=O) groups is 3. The third-order valence-electron chi connectivity index (χ3n) is 5.19. The van der Waals surface area contributed by atoms with Crippen LogP contribution in [0, 0.1) is 0 Å². The van der Waals surface area contributed by atoms with Crippen LogP contribution in [0.1, 0.15) is 11.7 Å². The van der Waals surface area contributed by atoms with Gasteiger partial charge < -0.3 is 20.3 Å². The predicted octanol–water partition coefficient (Wildman–Crippen LogP) is 4.20. The highest BCUT2D eigenvalue weighted by Gasteiger charge is 2.26. The van der Waals surface area contributed by atoms with E-state index in [1.165, 1.54) is 0 Å². The van der Waals surface area contributed by atoms with Crippen molar-refractivity contribution in [2.24, 2.45) is 0 Å². The molecule has 3 N–H and O–H groups in total. The monoisotopic (exact) mass is 478 g/mol. The number of hydrogen-bond donors (Lipinski definition) is 3. The maximum Gasteiger partial charge on any atom is 0.412 e. The zero-order valence-corrected chi connectivity index (χ0v) is 18.9. The predicted molar refractivity (Wildman–Crippen MR) is 131 cm³/mol. The molecule has 1 aliphatic heterocycles. The first kappa shape index (κ1) is 23.3. The molecule has 1 saturated heterocycles. The molecular weight excluding hydrogens is 456 g/mol. The van der Waals surface area contributed by atoms with Gasteiger partial charge >= 0.3 is 6.09 Å². The summed E-state index contributed by atoms with van der Waals surface area (Å²) in [5, 5.41) is 8.94. The zero-order valence-electron chi connectivity index (χ0n) is 18.2. The lowest BCUT2D eigenvalue weighted by Gasteiger charge is -2.27. The summed E-state index contributed by atoms with van der Waals surface area (Å²) in [5.41, 5.74) is 2.27. The van der Waals surface area contributed by atoms with Gasteiger partial charge in [-0.1, -0.05) is 41.9 Å². The van der Waals surface area contributed by atoms with Crippen molar-refractivity contribution in [3.05, 3.63) is 89.4 Å². The fourth-order valence-electron chi connectivity index (χ4n) is 3.50. The second-order valence-corrected chi connectivity index (χ2v) is 8.02. The lowest BCUT2D eigenvalue weighted by atomic mass is 10.1. The number of benzene rings is 3. The van der Waals surface area contributed by atoms with Gasteiger partial charge in [0.15, 0.2) is 0 Å². The number of anilines is 3. The third-order valence-corrected chi connectivity index (χ3v) is 5.44. The Bertz CT molecular complexity index is 1150. The molecule has 0 unspecified atom stereocenters. The fraction of sp³-hybridized carbons (Fsp3) is 0.160. The van der Waals surface area contributed by atoms with Crippen molar-refractivity contribution in [3.63, 3.8) is 0 Å². The molecule has 1 atom stereocenters. The quantitative estimate of drug-likeness (QED) is 0.493. The number of halogens is 1. The molecule has 0 radical (unpaired) electrons. The summed E-state index contributed by atoms with van der Waals surface area (Å²) in [6.07, 6.45) is -1.96. The number of carbonyl (C=O) groups excluding carboxylic acids is 3. The van der Waals surface area contributed by atoms with Crippen molar-refractivity contribution in [1.82, 2.24) is 5.32 Å². The van der Waals surface area contributed by atoms with Crippen LogP contribution in [0.4, 0.5) is 21.9 Å². The van der Waals surface area contributed by atoms with Crippen molar-refractivity contribution < 1.29 is 19.1 Å². The molecular formula is C25H23ClN4O4. The SMILES string of the molecule is O=C(Nc1ccc(Cl)cc1)O[C@@H](C(=O)Nc1ccc(N2CCNCC2=O)cc1)c1ccccc1. The highest BCUT2D eigenvalue weighted by Crippen LogP contribution is 2.23. The van der Waals surface area contributed by atoms with Crippen molar-refractivity contribution in [3.8, 4) is 0 Å². The van der Waals surface area contributed by atoms with E-state index in [9.17, 15) is 14.4 Å². The second kappa shape index (κ2) is 10.8. The number of piperazine rings is 1. The van der Waals surface area contributed by atoms with Crippen LogP contribution in [0.3, 0.4) is 0 Å². The van der Waals surface area contributed by atoms with Crippen LogP contribution >= 0.6 is 11.6 Å². The average molecular weight is 479 g/mol. The molecule has 34 heavy (non-hydrogen) atoms. The van der Waals surface area contributed by atoms with Gasteiger partial charge in [-0.05, 0) is 48.5 Å². The van der Waals surface area contributed by atoms with Crippen LogP contribution in [0.15, 0.2) is 78.9 Å². The molecule has 174 valence electrons. The summed E-state index contributed by atoms with van der Waals surface area (Å²) < 4.78 is 5.48. The third kappa shape index (κ3) is 5.92. The van der Waals surface area contributed by atoms with Crippen molar-refractivity contribution in [1.29, 1.82) is 0 Å². The van der Waals surface area contributed by atoms with Gasteiger partial charge in [-0.15, -0.1) is 0 Å². The molecule has 0 saturated carbocycles. The first-order chi connectivity index (χ1) is 16.5. The summed E-state index contributed by atoms with van der Waals surface area (Å²) >= 11 is 5.87. The Morgan fingerprint density at radius 3 is 2.24 bits per heavy atom. The van der Waals surface area contributed by atoms with Gasteiger partial charge in [0, 0.05) is 40.7 Å². The molecule has 1 aliphatic rings. The van der Waals surface area contributed by atoms with Crippen molar-refractivity contribution in [2.45, 2.75) is 6.10 Å². The lowest BCUT2D eigenvalue weighted by Crippen LogP contribution is -2.48. The van der Waals surface area contributed by atoms with Gasteiger partial charge in [-0.2, -0.15) is 0 Å². The molecule has 0 spiro atoms. The normalized spacial score (nSPS) is 14.3. The number of ether oxygens (including phenoxy) is 1. The molecule has 3 aromatic rings. The van der Waals surface area contributed by atoms with Crippen molar-refractivity contribution in [2.75, 3.05) is 35.2 Å². The van der Waals surface area contributed by atoms with E-state index in [1.54, 1.807) is 77.7 Å². The van der Waals surface area contributed by atoms with Crippen LogP contribution in [0.2, 0.25) is 5.02 Å². The smallest absolute Gasteiger partial charge is 0.412 e. The van der Waals surface area contributed by atoms with E-state index >= 15 is 0 Å². The first-order valence-electron chi connectivity index (χ1n) is 10.7. The van der Waals surface area contributed by atoms with E-state index in [0.717, 1.165) is 12.2 Å². The molecule has 8 nitrogen and oxygen atoms in total. The number of nitrogens with zero attached hydrogens (tertiary/aromatic N) is 1. The maximum absolute atomic E-state index is 13.1. The molecule has 9 heteroatoms. The van der Waals surface area contributed by atoms with Crippen LogP contribution in [-0.4, -0.2) is 37.5 Å². The number of amides is 3. The zero-order chi connectivity index (χ0) is 23.9. The first-order valence-corrected chi connectivity index (χ1v) is 11.1. The molecule has 0 bridgehead atoms. The topological polar surface area (TPSA) is 99.8 Å². The molecule has 3 aromatic carbocycles. The largest absolute Gasteiger partial charge is 0.431 e. The van der Waals surface area contributed by atoms with Gasteiger partial charge in [0.2, 0.25) is 12.0 Å². The molecule has 4 rings (SSSR count). The van der Waals surface area contributed by atoms with Crippen LogP contribution in [0.25, 0.3) is 0 Å². The summed E-state index contributed by atoms with van der Waals surface area (Å²) in [6, 6.07) is 22.2. The molecule has 0 aromatic heterocycles. The fourth-order valence-corrected chi connectivity index (χ4v) is 3.63. The van der Waals surface area contributed by atoms with Crippen LogP contribution in [-0.2, 0) is 14.3 Å². The van der Waals surface area contributed by atoms with Gasteiger partial charge in [0.1, 0.15) is 0 Å². The number of rotatable bonds is 6. The summed E-state index contributed by atoms with van der Waals surface area (Å²) in [4.78, 5) is 39.4. The van der Waals surface area contributed by atoms with E-state index in [-0.39, 0.29) is 5.91 Å². The van der Waals surface area contributed by atoms with E-state index in [1.807, 2.05) is 6.07 Å². The van der Waals surface area contributed by atoms with Gasteiger partial charge in [0.25, 0.3) is 5.91 Å². The van der Waals surface area contributed by atoms with Crippen LogP contribution < -0.4 is 20.9 Å². The van der Waals surface area contributed by atoms with E-state index in [2.05, 4.69) is 16.0 Å². The van der Waals surface area contributed by atoms with Gasteiger partial charge in [-0.25, -0.2) is 4.79 Å². The highest BCUT2D eigenvalue weighted by atomic mass is 35.5. The Hall–Kier alpha value is -3.88. The van der Waals surface area contributed by atoms with E-state index in [0.29, 0.717) is 35.1 Å². The number of nitrogens with one attached hydrogen (secondary N) is 3. The Kier molecular flexibility index (Phi) is 7.41. The Balaban J connectivity index is 1.45. The lowest BCUT2D eigenvalue weighted by molar-refractivity contribution is -0.124. The standard InChI is InChI=1S/C25H23ClN4O4/c26-18-6-8-20(9-7-18)29-25(33)34-23(17-4-2-1-3-5-17)24(32)28-19-10-12-21(13-11-19)30-15-14-27-16-22(30)31/h1-13,23,27H,14-16H2,(H,28,32)(H,29,33)/t23-/m1/s1. The summed E-state index contributed by atoms with van der Waals surface area (Å²) in [5.74, 6) is -0.518. The Morgan fingerprint density at radius 1 is 0.912 bits per heavy atom. The summed E-state index contributed by atoms with van der Waals surface area (Å²) in [6.45, 7) is 1.60. The minimum atomic E-state index is -1.18. The van der Waals surface area contributed by atoms with Gasteiger partial charge in [0.05, 0.1) is 6.54 Å². The minimum Gasteiger partial charge on any atom is -0.431 e. The highest BCUT2D eigenvalue weighted by molar-refractivity contribution is 6.30. The maximum atomic E-state index is 13.1. The number of hydrogen-bond acceptors (Lipinski definition) is 5. The molecule has 1 fully saturated rings. The van der Waals surface area contributed by atoms with Crippen molar-refractivity contribution >= 4 is 46.6 Å². The van der Waals surface area contributed by atoms with Crippen LogP contribution in [0.5, 0.6) is 0 Å². The van der Waals surface area contributed by atoms with E-state index < -0.39 is 18.1 Å². The molecule has 3 amide bonds. The second-order valence-electron chi connectivity index (χ2n) is 7.59. The van der Waals surface area contributed by atoms with E-state index in [4.69, 9.17) is 16.3 Å². The Labute approximate surface area is 201 Å². The van der Waals surface area contributed by atoms with Gasteiger partial charge in [-0.3, -0.25) is 14.9 Å². The Morgan fingerprint density at radius 2 is 1.56 bits per heavy atom. The average Bonchev–Trinajstić information content (AvgIpc) is 2.85. The summed E-state index contributed by atoms with van der Waals surface area (Å²) in [7, 11) is 0. The molecule has 0 aliphatic carbocycles. The molecule has 1 heterocycles. The minimum absolute atomic E-state index is 0.00715.